The lowest BCUT2D eigenvalue weighted by molar-refractivity contribution is -0.201. The molecular formula is C25H23NO11. The molecule has 1 saturated carbocycles. The zero-order valence-corrected chi connectivity index (χ0v) is 19.7. The average molecular weight is 513 g/mol. The van der Waals surface area contributed by atoms with Crippen LogP contribution in [0, 0.1) is 0 Å². The van der Waals surface area contributed by atoms with Gasteiger partial charge in [-0.05, 0) is 23.8 Å². The number of carbonyl (C=O) groups is 4. The molecule has 3 aliphatic rings. The van der Waals surface area contributed by atoms with Crippen molar-refractivity contribution >= 4 is 23.8 Å². The molecule has 0 unspecified atom stereocenters. The number of ether oxygens (including phenoxy) is 5. The first-order valence-electron chi connectivity index (χ1n) is 11.4. The fraction of sp³-hybridized carbons (Fsp3) is 0.360. The minimum absolute atomic E-state index is 0.0316. The number of nitrogens with one attached hydrogen (secondary N) is 1. The minimum atomic E-state index is -1.68. The molecule has 2 aromatic rings. The van der Waals surface area contributed by atoms with Crippen molar-refractivity contribution < 1.29 is 53.1 Å². The molecule has 2 heterocycles. The molecule has 0 spiro atoms. The Kier molecular flexibility index (Phi) is 6.12. The fourth-order valence-electron chi connectivity index (χ4n) is 5.09. The smallest absolute Gasteiger partial charge is 0.338 e. The van der Waals surface area contributed by atoms with Crippen molar-refractivity contribution in [3.05, 3.63) is 53.1 Å². The maximum atomic E-state index is 13.2. The van der Waals surface area contributed by atoms with Crippen LogP contribution in [0.4, 0.5) is 0 Å². The Labute approximate surface area is 210 Å². The number of phenolic OH excluding ortho intramolecular Hbond substituents is 1. The first-order valence-corrected chi connectivity index (χ1v) is 11.4. The number of esters is 3. The summed E-state index contributed by atoms with van der Waals surface area (Å²) in [5, 5.41) is 24.9. The second-order valence-corrected chi connectivity index (χ2v) is 8.82. The summed E-state index contributed by atoms with van der Waals surface area (Å²) < 4.78 is 27.1. The molecule has 5 rings (SSSR count). The van der Waals surface area contributed by atoms with E-state index in [-0.39, 0.29) is 35.0 Å². The first-order chi connectivity index (χ1) is 17.7. The van der Waals surface area contributed by atoms with E-state index in [2.05, 4.69) is 5.32 Å². The van der Waals surface area contributed by atoms with Crippen molar-refractivity contribution in [3.63, 3.8) is 0 Å². The van der Waals surface area contributed by atoms with Crippen LogP contribution in [0.2, 0.25) is 0 Å². The standard InChI is InChI=1S/C25H23NO11/c1-10(27)35-22-17-15(13-8-14-20(34-9-33-14)18(29)16(13)24(31)26-17)21(19(30)23(22)36-11(2)28)37-25(32)12-6-4-3-5-7-12/h3-8,15,17,19,21-23,29-30H,9H2,1-2H3,(H,26,31)/t15-,17-,19+,21-,22+,23-/m1/s1. The van der Waals surface area contributed by atoms with Gasteiger partial charge in [-0.15, -0.1) is 0 Å². The third kappa shape index (κ3) is 4.18. The van der Waals surface area contributed by atoms with E-state index in [1.165, 1.54) is 18.2 Å². The molecule has 0 radical (unpaired) electrons. The summed E-state index contributed by atoms with van der Waals surface area (Å²) in [6, 6.07) is 8.32. The van der Waals surface area contributed by atoms with Crippen molar-refractivity contribution in [1.82, 2.24) is 5.32 Å². The topological polar surface area (TPSA) is 167 Å². The molecule has 1 aliphatic carbocycles. The number of carbonyl (C=O) groups excluding carboxylic acids is 4. The summed E-state index contributed by atoms with van der Waals surface area (Å²) in [6.45, 7) is 2.03. The molecule has 1 fully saturated rings. The molecule has 37 heavy (non-hydrogen) atoms. The van der Waals surface area contributed by atoms with Crippen LogP contribution in [0.1, 0.15) is 46.0 Å². The highest BCUT2D eigenvalue weighted by Crippen LogP contribution is 2.51. The Morgan fingerprint density at radius 2 is 1.65 bits per heavy atom. The molecule has 0 bridgehead atoms. The van der Waals surface area contributed by atoms with Gasteiger partial charge in [0.05, 0.1) is 17.2 Å². The molecule has 12 nitrogen and oxygen atoms in total. The Hall–Kier alpha value is -4.32. The summed E-state index contributed by atoms with van der Waals surface area (Å²) in [4.78, 5) is 50.1. The quantitative estimate of drug-likeness (QED) is 0.390. The lowest BCUT2D eigenvalue weighted by atomic mass is 9.69. The highest BCUT2D eigenvalue weighted by Gasteiger charge is 2.59. The van der Waals surface area contributed by atoms with Crippen LogP contribution in [0.3, 0.4) is 0 Å². The Morgan fingerprint density at radius 1 is 0.973 bits per heavy atom. The van der Waals surface area contributed by atoms with Gasteiger partial charge in [0.25, 0.3) is 5.91 Å². The van der Waals surface area contributed by atoms with Crippen LogP contribution in [-0.2, 0) is 23.8 Å². The summed E-state index contributed by atoms with van der Waals surface area (Å²) >= 11 is 0. The van der Waals surface area contributed by atoms with Gasteiger partial charge in [-0.25, -0.2) is 4.79 Å². The third-order valence-corrected chi connectivity index (χ3v) is 6.50. The van der Waals surface area contributed by atoms with Crippen molar-refractivity contribution in [2.45, 2.75) is 50.2 Å². The molecule has 2 aromatic carbocycles. The second kappa shape index (κ2) is 9.28. The second-order valence-electron chi connectivity index (χ2n) is 8.82. The molecule has 12 heteroatoms. The number of aliphatic hydroxyl groups is 1. The van der Waals surface area contributed by atoms with E-state index in [1.54, 1.807) is 18.2 Å². The lowest BCUT2D eigenvalue weighted by Crippen LogP contribution is -2.68. The monoisotopic (exact) mass is 513 g/mol. The highest BCUT2D eigenvalue weighted by atomic mass is 16.7. The highest BCUT2D eigenvalue weighted by molar-refractivity contribution is 6.02. The van der Waals surface area contributed by atoms with E-state index in [1.807, 2.05) is 0 Å². The van der Waals surface area contributed by atoms with Crippen LogP contribution in [0.15, 0.2) is 36.4 Å². The van der Waals surface area contributed by atoms with E-state index >= 15 is 0 Å². The van der Waals surface area contributed by atoms with Crippen LogP contribution in [0.5, 0.6) is 17.2 Å². The average Bonchev–Trinajstić information content (AvgIpc) is 3.33. The van der Waals surface area contributed by atoms with Crippen molar-refractivity contribution in [2.75, 3.05) is 6.79 Å². The van der Waals surface area contributed by atoms with Crippen LogP contribution < -0.4 is 14.8 Å². The maximum absolute atomic E-state index is 13.2. The molecule has 2 aliphatic heterocycles. The molecule has 0 saturated heterocycles. The van der Waals surface area contributed by atoms with Gasteiger partial charge in [-0.2, -0.15) is 0 Å². The molecule has 6 atom stereocenters. The summed E-state index contributed by atoms with van der Waals surface area (Å²) in [6.07, 6.45) is -5.93. The van der Waals surface area contributed by atoms with Gasteiger partial charge in [0.2, 0.25) is 12.5 Å². The number of fused-ring (bicyclic) bond motifs is 4. The Balaban J connectivity index is 1.65. The van der Waals surface area contributed by atoms with Crippen molar-refractivity contribution in [2.24, 2.45) is 0 Å². The van der Waals surface area contributed by atoms with Crippen LogP contribution >= 0.6 is 0 Å². The lowest BCUT2D eigenvalue weighted by Gasteiger charge is -2.49. The first kappa shape index (κ1) is 24.4. The van der Waals surface area contributed by atoms with Gasteiger partial charge < -0.3 is 39.2 Å². The van der Waals surface area contributed by atoms with Crippen LogP contribution in [-0.4, -0.2) is 71.3 Å². The number of aliphatic hydroxyl groups excluding tert-OH is 1. The van der Waals surface area contributed by atoms with Gasteiger partial charge in [-0.1, -0.05) is 18.2 Å². The van der Waals surface area contributed by atoms with E-state index < -0.39 is 65.9 Å². The van der Waals surface area contributed by atoms with Gasteiger partial charge in [0, 0.05) is 19.8 Å². The third-order valence-electron chi connectivity index (χ3n) is 6.50. The van der Waals surface area contributed by atoms with E-state index in [4.69, 9.17) is 23.7 Å². The Morgan fingerprint density at radius 3 is 2.32 bits per heavy atom. The van der Waals surface area contributed by atoms with Crippen molar-refractivity contribution in [1.29, 1.82) is 0 Å². The maximum Gasteiger partial charge on any atom is 0.338 e. The van der Waals surface area contributed by atoms with Gasteiger partial charge in [0.15, 0.2) is 23.7 Å². The van der Waals surface area contributed by atoms with E-state index in [0.29, 0.717) is 0 Å². The predicted octanol–water partition coefficient (Wildman–Crippen LogP) is 0.780. The number of amides is 1. The minimum Gasteiger partial charge on any atom is -0.504 e. The zero-order chi connectivity index (χ0) is 26.4. The predicted molar refractivity (Wildman–Crippen MR) is 121 cm³/mol. The number of hydrogen-bond acceptors (Lipinski definition) is 11. The number of phenols is 1. The number of aromatic hydroxyl groups is 1. The van der Waals surface area contributed by atoms with E-state index in [0.717, 1.165) is 13.8 Å². The summed E-state index contributed by atoms with van der Waals surface area (Å²) in [5.41, 5.74) is 0.177. The van der Waals surface area contributed by atoms with Crippen molar-refractivity contribution in [3.8, 4) is 17.2 Å². The number of rotatable bonds is 4. The fourth-order valence-corrected chi connectivity index (χ4v) is 5.09. The SMILES string of the molecule is CC(=O)O[C@@H]1[C@@H](O)[C@H](OC(=O)c2ccccc2)[C@@H]2c3cc4c(c(O)c3C(=O)N[C@H]2[C@@H]1OC(C)=O)OCO4. The van der Waals surface area contributed by atoms with E-state index in [9.17, 15) is 29.4 Å². The summed E-state index contributed by atoms with van der Waals surface area (Å²) in [5.74, 6) is -4.52. The molecular weight excluding hydrogens is 490 g/mol. The van der Waals surface area contributed by atoms with Crippen LogP contribution in [0.25, 0.3) is 0 Å². The Bertz CT molecular complexity index is 1280. The number of hydrogen-bond donors (Lipinski definition) is 3. The molecule has 0 aromatic heterocycles. The zero-order valence-electron chi connectivity index (χ0n) is 19.7. The molecule has 1 amide bonds. The van der Waals surface area contributed by atoms with Gasteiger partial charge >= 0.3 is 17.9 Å². The van der Waals surface area contributed by atoms with Gasteiger partial charge in [0.1, 0.15) is 12.2 Å². The number of benzene rings is 2. The molecule has 194 valence electrons. The largest absolute Gasteiger partial charge is 0.504 e. The molecule has 3 N–H and O–H groups in total. The normalized spacial score (nSPS) is 27.3. The van der Waals surface area contributed by atoms with Gasteiger partial charge in [-0.3, -0.25) is 14.4 Å². The summed E-state index contributed by atoms with van der Waals surface area (Å²) in [7, 11) is 0.